The number of hydrogen-bond acceptors (Lipinski definition) is 6. The Kier molecular flexibility index (Phi) is 7.72. The predicted octanol–water partition coefficient (Wildman–Crippen LogP) is 2.48. The Morgan fingerprint density at radius 2 is 1.86 bits per heavy atom. The van der Waals surface area contributed by atoms with Gasteiger partial charge in [0.1, 0.15) is 17.1 Å². The third-order valence-corrected chi connectivity index (χ3v) is 4.66. The average molecular weight is 399 g/mol. The SMILES string of the molecule is CC(C)C(NC(=O)Cc1ccccc1)C(=O)OCC(=O)Nc1sccc1C#N. The van der Waals surface area contributed by atoms with E-state index in [-0.39, 0.29) is 18.2 Å². The van der Waals surface area contributed by atoms with Crippen LogP contribution in [-0.2, 0) is 25.5 Å². The van der Waals surface area contributed by atoms with Gasteiger partial charge in [0.2, 0.25) is 5.91 Å². The summed E-state index contributed by atoms with van der Waals surface area (Å²) in [6.07, 6.45) is 0.146. The number of esters is 1. The Morgan fingerprint density at radius 1 is 1.14 bits per heavy atom. The minimum Gasteiger partial charge on any atom is -0.454 e. The molecule has 2 aromatic rings. The molecule has 1 aromatic heterocycles. The zero-order valence-electron chi connectivity index (χ0n) is 15.6. The molecule has 2 amide bonds. The minimum atomic E-state index is -0.861. The van der Waals surface area contributed by atoms with Crippen LogP contribution in [0.4, 0.5) is 5.00 Å². The van der Waals surface area contributed by atoms with Gasteiger partial charge >= 0.3 is 5.97 Å². The smallest absolute Gasteiger partial charge is 0.329 e. The Balaban J connectivity index is 1.87. The zero-order valence-corrected chi connectivity index (χ0v) is 16.4. The van der Waals surface area contributed by atoms with Crippen molar-refractivity contribution in [2.75, 3.05) is 11.9 Å². The summed E-state index contributed by atoms with van der Waals surface area (Å²) < 4.78 is 5.06. The third kappa shape index (κ3) is 6.21. The van der Waals surface area contributed by atoms with Gasteiger partial charge in [0.15, 0.2) is 6.61 Å². The van der Waals surface area contributed by atoms with Crippen LogP contribution in [0, 0.1) is 17.2 Å². The van der Waals surface area contributed by atoms with Gasteiger partial charge in [-0.2, -0.15) is 5.26 Å². The molecule has 1 heterocycles. The molecule has 0 spiro atoms. The summed E-state index contributed by atoms with van der Waals surface area (Å²) in [4.78, 5) is 36.5. The average Bonchev–Trinajstić information content (AvgIpc) is 3.11. The molecule has 0 radical (unpaired) electrons. The highest BCUT2D eigenvalue weighted by Gasteiger charge is 2.26. The molecule has 7 nitrogen and oxygen atoms in total. The van der Waals surface area contributed by atoms with Crippen LogP contribution in [0.3, 0.4) is 0 Å². The third-order valence-electron chi connectivity index (χ3n) is 3.83. The standard InChI is InChI=1S/C20H21N3O4S/c1-13(2)18(22-16(24)10-14-6-4-3-5-7-14)20(26)27-12-17(25)23-19-15(11-21)8-9-28-19/h3-9,13,18H,10,12H2,1-2H3,(H,22,24)(H,23,25). The van der Waals surface area contributed by atoms with Gasteiger partial charge in [0, 0.05) is 0 Å². The second kappa shape index (κ2) is 10.2. The number of thiophene rings is 1. The molecule has 0 aliphatic carbocycles. The lowest BCUT2D eigenvalue weighted by molar-refractivity contribution is -0.151. The molecule has 0 saturated heterocycles. The van der Waals surface area contributed by atoms with Gasteiger partial charge in [-0.3, -0.25) is 9.59 Å². The molecule has 1 aromatic carbocycles. The number of anilines is 1. The van der Waals surface area contributed by atoms with E-state index in [0.29, 0.717) is 10.6 Å². The van der Waals surface area contributed by atoms with E-state index in [2.05, 4.69) is 10.6 Å². The maximum absolute atomic E-state index is 12.3. The van der Waals surface area contributed by atoms with Crippen molar-refractivity contribution in [1.29, 1.82) is 5.26 Å². The first-order valence-corrected chi connectivity index (χ1v) is 9.56. The molecular weight excluding hydrogens is 378 g/mol. The van der Waals surface area contributed by atoms with E-state index in [4.69, 9.17) is 10.00 Å². The molecule has 1 unspecified atom stereocenters. The van der Waals surface area contributed by atoms with Crippen molar-refractivity contribution in [3.8, 4) is 6.07 Å². The van der Waals surface area contributed by atoms with E-state index in [1.165, 1.54) is 11.3 Å². The minimum absolute atomic E-state index is 0.146. The number of nitrogens with one attached hydrogen (secondary N) is 2. The normalized spacial score (nSPS) is 11.4. The maximum Gasteiger partial charge on any atom is 0.329 e. The fourth-order valence-corrected chi connectivity index (χ4v) is 3.14. The Bertz CT molecular complexity index is 871. The lowest BCUT2D eigenvalue weighted by Gasteiger charge is -2.20. The largest absolute Gasteiger partial charge is 0.454 e. The van der Waals surface area contributed by atoms with Crippen LogP contribution >= 0.6 is 11.3 Å². The van der Waals surface area contributed by atoms with Gasteiger partial charge in [-0.05, 0) is 22.9 Å². The van der Waals surface area contributed by atoms with Gasteiger partial charge in [-0.15, -0.1) is 11.3 Å². The molecule has 0 fully saturated rings. The summed E-state index contributed by atoms with van der Waals surface area (Å²) in [6.45, 7) is 3.05. The highest BCUT2D eigenvalue weighted by atomic mass is 32.1. The molecule has 0 bridgehead atoms. The summed E-state index contributed by atoms with van der Waals surface area (Å²) in [5.41, 5.74) is 1.18. The van der Waals surface area contributed by atoms with E-state index in [0.717, 1.165) is 5.56 Å². The second-order valence-electron chi connectivity index (χ2n) is 6.38. The molecule has 1 atom stereocenters. The van der Waals surface area contributed by atoms with Crippen LogP contribution in [0.5, 0.6) is 0 Å². The number of benzene rings is 1. The molecule has 0 aliphatic rings. The Labute approximate surface area is 167 Å². The van der Waals surface area contributed by atoms with Gasteiger partial charge in [-0.1, -0.05) is 44.2 Å². The molecule has 0 saturated carbocycles. The van der Waals surface area contributed by atoms with E-state index < -0.39 is 24.5 Å². The molecule has 2 rings (SSSR count). The van der Waals surface area contributed by atoms with Crippen LogP contribution in [-0.4, -0.2) is 30.4 Å². The molecule has 8 heteroatoms. The number of carbonyl (C=O) groups excluding carboxylic acids is 3. The van der Waals surface area contributed by atoms with Crippen molar-refractivity contribution in [3.05, 3.63) is 52.9 Å². The summed E-state index contributed by atoms with van der Waals surface area (Å²) in [5, 5.41) is 16.2. The molecule has 2 N–H and O–H groups in total. The lowest BCUT2D eigenvalue weighted by atomic mass is 10.0. The van der Waals surface area contributed by atoms with Crippen LogP contribution in [0.1, 0.15) is 25.0 Å². The maximum atomic E-state index is 12.3. The van der Waals surface area contributed by atoms with Crippen molar-refractivity contribution < 1.29 is 19.1 Å². The van der Waals surface area contributed by atoms with Gasteiger partial charge in [-0.25, -0.2) is 4.79 Å². The van der Waals surface area contributed by atoms with Gasteiger partial charge in [0.25, 0.3) is 5.91 Å². The van der Waals surface area contributed by atoms with Gasteiger partial charge < -0.3 is 15.4 Å². The lowest BCUT2D eigenvalue weighted by Crippen LogP contribution is -2.46. The number of hydrogen-bond donors (Lipinski definition) is 2. The van der Waals surface area contributed by atoms with Gasteiger partial charge in [0.05, 0.1) is 12.0 Å². The number of ether oxygens (including phenoxy) is 1. The first-order chi connectivity index (χ1) is 13.4. The number of nitriles is 1. The van der Waals surface area contributed by atoms with Crippen LogP contribution in [0.2, 0.25) is 0 Å². The molecule has 28 heavy (non-hydrogen) atoms. The monoisotopic (exact) mass is 399 g/mol. The highest BCUT2D eigenvalue weighted by molar-refractivity contribution is 7.14. The van der Waals surface area contributed by atoms with E-state index >= 15 is 0 Å². The number of nitrogens with zero attached hydrogens (tertiary/aromatic N) is 1. The quantitative estimate of drug-likeness (QED) is 0.663. The van der Waals surface area contributed by atoms with Crippen molar-refractivity contribution >= 4 is 34.1 Å². The van der Waals surface area contributed by atoms with Crippen molar-refractivity contribution in [2.24, 2.45) is 5.92 Å². The topological polar surface area (TPSA) is 108 Å². The van der Waals surface area contributed by atoms with Crippen molar-refractivity contribution in [3.63, 3.8) is 0 Å². The van der Waals surface area contributed by atoms with E-state index in [9.17, 15) is 14.4 Å². The number of amides is 2. The van der Waals surface area contributed by atoms with Crippen LogP contribution < -0.4 is 10.6 Å². The van der Waals surface area contributed by atoms with Crippen molar-refractivity contribution in [2.45, 2.75) is 26.3 Å². The van der Waals surface area contributed by atoms with Crippen molar-refractivity contribution in [1.82, 2.24) is 5.32 Å². The number of carbonyl (C=O) groups is 3. The van der Waals surface area contributed by atoms with Crippen LogP contribution in [0.15, 0.2) is 41.8 Å². The van der Waals surface area contributed by atoms with E-state index in [1.54, 1.807) is 25.3 Å². The first-order valence-electron chi connectivity index (χ1n) is 8.68. The summed E-state index contributed by atoms with van der Waals surface area (Å²) in [7, 11) is 0. The van der Waals surface area contributed by atoms with E-state index in [1.807, 2.05) is 36.4 Å². The second-order valence-corrected chi connectivity index (χ2v) is 7.30. The van der Waals surface area contributed by atoms with Crippen LogP contribution in [0.25, 0.3) is 0 Å². The highest BCUT2D eigenvalue weighted by Crippen LogP contribution is 2.21. The number of rotatable bonds is 8. The fraction of sp³-hybridized carbons (Fsp3) is 0.300. The molecule has 146 valence electrons. The molecular formula is C20H21N3O4S. The molecule has 0 aliphatic heterocycles. The summed E-state index contributed by atoms with van der Waals surface area (Å²) in [6, 6.07) is 11.9. The Hall–Kier alpha value is -3.18. The first kappa shape index (κ1) is 21.1. The zero-order chi connectivity index (χ0) is 20.5. The Morgan fingerprint density at radius 3 is 2.50 bits per heavy atom. The predicted molar refractivity (Wildman–Crippen MR) is 106 cm³/mol. The summed E-state index contributed by atoms with van der Waals surface area (Å²) >= 11 is 1.21. The fourth-order valence-electron chi connectivity index (χ4n) is 2.39. The summed E-state index contributed by atoms with van der Waals surface area (Å²) in [5.74, 6) is -1.75.